The second-order valence-corrected chi connectivity index (χ2v) is 3.99. The van der Waals surface area contributed by atoms with Crippen molar-refractivity contribution in [3.8, 4) is 5.75 Å². The maximum atomic E-state index is 12.4. The van der Waals surface area contributed by atoms with Crippen molar-refractivity contribution in [3.63, 3.8) is 0 Å². The molecule has 0 radical (unpaired) electrons. The minimum absolute atomic E-state index is 0.155. The van der Waals surface area contributed by atoms with E-state index in [2.05, 4.69) is 11.6 Å². The van der Waals surface area contributed by atoms with E-state index in [1.54, 1.807) is 13.1 Å². The zero-order valence-corrected chi connectivity index (χ0v) is 10.9. The predicted molar refractivity (Wildman–Crippen MR) is 72.6 cm³/mol. The minimum Gasteiger partial charge on any atom is -0.493 e. The highest BCUT2D eigenvalue weighted by molar-refractivity contribution is 5.80. The largest absolute Gasteiger partial charge is 0.493 e. The molecule has 0 atom stereocenters. The highest BCUT2D eigenvalue weighted by Crippen LogP contribution is 2.18. The van der Waals surface area contributed by atoms with Gasteiger partial charge in [-0.15, -0.1) is 6.58 Å². The first-order valence-electron chi connectivity index (χ1n) is 5.94. The van der Waals surface area contributed by atoms with Crippen molar-refractivity contribution >= 4 is 11.0 Å². The molecule has 0 fully saturated rings. The van der Waals surface area contributed by atoms with Gasteiger partial charge in [0.15, 0.2) is 5.65 Å². The van der Waals surface area contributed by atoms with Crippen LogP contribution in [-0.2, 0) is 13.6 Å². The molecule has 6 nitrogen and oxygen atoms in total. The van der Waals surface area contributed by atoms with Gasteiger partial charge in [0.1, 0.15) is 11.1 Å². The van der Waals surface area contributed by atoms with Crippen molar-refractivity contribution in [3.05, 3.63) is 45.8 Å². The number of rotatable bonds is 4. The third-order valence-corrected chi connectivity index (χ3v) is 2.80. The molecular formula is C13H15N3O3. The number of nitrogens with zero attached hydrogens (tertiary/aromatic N) is 3. The van der Waals surface area contributed by atoms with E-state index in [9.17, 15) is 9.59 Å². The molecule has 0 spiro atoms. The summed E-state index contributed by atoms with van der Waals surface area (Å²) < 4.78 is 7.88. The van der Waals surface area contributed by atoms with Gasteiger partial charge in [-0.1, -0.05) is 6.08 Å². The third-order valence-electron chi connectivity index (χ3n) is 2.80. The second kappa shape index (κ2) is 5.09. The molecule has 0 amide bonds. The molecule has 0 aliphatic heterocycles. The van der Waals surface area contributed by atoms with Crippen LogP contribution in [0.2, 0.25) is 0 Å². The van der Waals surface area contributed by atoms with Gasteiger partial charge < -0.3 is 4.74 Å². The predicted octanol–water partition coefficient (Wildman–Crippen LogP) is 0.680. The van der Waals surface area contributed by atoms with Gasteiger partial charge in [-0.05, 0) is 13.0 Å². The molecule has 0 unspecified atom stereocenters. The summed E-state index contributed by atoms with van der Waals surface area (Å²) in [6.45, 7) is 5.97. The first kappa shape index (κ1) is 13.1. The molecule has 2 rings (SSSR count). The van der Waals surface area contributed by atoms with Crippen molar-refractivity contribution in [2.75, 3.05) is 6.61 Å². The third kappa shape index (κ3) is 2.05. The highest BCUT2D eigenvalue weighted by atomic mass is 16.5. The van der Waals surface area contributed by atoms with Crippen molar-refractivity contribution in [1.29, 1.82) is 0 Å². The van der Waals surface area contributed by atoms with E-state index in [0.717, 1.165) is 4.57 Å². The quantitative estimate of drug-likeness (QED) is 0.759. The van der Waals surface area contributed by atoms with E-state index in [4.69, 9.17) is 4.74 Å². The molecule has 0 aliphatic rings. The number of pyridine rings is 1. The van der Waals surface area contributed by atoms with Crippen molar-refractivity contribution in [1.82, 2.24) is 14.1 Å². The highest BCUT2D eigenvalue weighted by Gasteiger charge is 2.15. The van der Waals surface area contributed by atoms with Gasteiger partial charge >= 0.3 is 5.69 Å². The smallest absolute Gasteiger partial charge is 0.332 e. The summed E-state index contributed by atoms with van der Waals surface area (Å²) in [5, 5.41) is 0.313. The maximum Gasteiger partial charge on any atom is 0.332 e. The minimum atomic E-state index is -0.418. The lowest BCUT2D eigenvalue weighted by Gasteiger charge is -2.11. The Balaban J connectivity index is 2.95. The fourth-order valence-corrected chi connectivity index (χ4v) is 1.95. The van der Waals surface area contributed by atoms with E-state index in [0.29, 0.717) is 23.4 Å². The molecule has 0 N–H and O–H groups in total. The van der Waals surface area contributed by atoms with E-state index in [1.807, 2.05) is 6.92 Å². The number of aromatic nitrogens is 3. The SMILES string of the molecule is C=CCn1c(=O)c2c(OCC)ccnc2n(C)c1=O. The number of hydrogen-bond donors (Lipinski definition) is 0. The fraction of sp³-hybridized carbons (Fsp3) is 0.308. The summed E-state index contributed by atoms with van der Waals surface area (Å²) in [7, 11) is 1.58. The molecule has 2 aromatic heterocycles. The van der Waals surface area contributed by atoms with Gasteiger partial charge in [-0.25, -0.2) is 9.78 Å². The lowest BCUT2D eigenvalue weighted by molar-refractivity contribution is 0.343. The van der Waals surface area contributed by atoms with Crippen LogP contribution < -0.4 is 16.0 Å². The Kier molecular flexibility index (Phi) is 3.50. The monoisotopic (exact) mass is 261 g/mol. The molecule has 0 bridgehead atoms. The standard InChI is InChI=1S/C13H15N3O3/c1-4-8-16-12(17)10-9(19-5-2)6-7-14-11(10)15(3)13(16)18/h4,6-7H,1,5,8H2,2-3H3. The van der Waals surface area contributed by atoms with Gasteiger partial charge in [-0.2, -0.15) is 0 Å². The summed E-state index contributed by atoms with van der Waals surface area (Å²) >= 11 is 0. The van der Waals surface area contributed by atoms with E-state index in [-0.39, 0.29) is 6.54 Å². The summed E-state index contributed by atoms with van der Waals surface area (Å²) in [6.07, 6.45) is 3.02. The van der Waals surface area contributed by atoms with Crippen LogP contribution in [0.1, 0.15) is 6.92 Å². The zero-order chi connectivity index (χ0) is 14.0. The van der Waals surface area contributed by atoms with Crippen LogP contribution in [0.5, 0.6) is 5.75 Å². The van der Waals surface area contributed by atoms with Crippen LogP contribution in [0.3, 0.4) is 0 Å². The van der Waals surface area contributed by atoms with Crippen LogP contribution in [0.25, 0.3) is 11.0 Å². The number of allylic oxidation sites excluding steroid dienone is 1. The van der Waals surface area contributed by atoms with Gasteiger partial charge in [0.05, 0.1) is 6.61 Å². The van der Waals surface area contributed by atoms with Crippen LogP contribution >= 0.6 is 0 Å². The van der Waals surface area contributed by atoms with Crippen molar-refractivity contribution < 1.29 is 4.74 Å². The molecule has 0 saturated heterocycles. The first-order valence-corrected chi connectivity index (χ1v) is 5.94. The van der Waals surface area contributed by atoms with Crippen LogP contribution in [-0.4, -0.2) is 20.7 Å². The van der Waals surface area contributed by atoms with Gasteiger partial charge in [-0.3, -0.25) is 13.9 Å². The molecule has 19 heavy (non-hydrogen) atoms. The summed E-state index contributed by atoms with van der Waals surface area (Å²) in [4.78, 5) is 28.5. The average molecular weight is 261 g/mol. The molecule has 0 aliphatic carbocycles. The number of hydrogen-bond acceptors (Lipinski definition) is 4. The van der Waals surface area contributed by atoms with E-state index >= 15 is 0 Å². The lowest BCUT2D eigenvalue weighted by atomic mass is 10.3. The second-order valence-electron chi connectivity index (χ2n) is 3.99. The Labute approximate surface area is 109 Å². The number of ether oxygens (including phenoxy) is 1. The Morgan fingerprint density at radius 1 is 1.47 bits per heavy atom. The summed E-state index contributed by atoms with van der Waals surface area (Å²) in [5.74, 6) is 0.436. The molecule has 0 aromatic carbocycles. The Bertz CT molecular complexity index is 743. The summed E-state index contributed by atoms with van der Waals surface area (Å²) in [6, 6.07) is 1.62. The van der Waals surface area contributed by atoms with Crippen molar-refractivity contribution in [2.24, 2.45) is 7.05 Å². The molecule has 2 heterocycles. The molecule has 6 heteroatoms. The van der Waals surface area contributed by atoms with E-state index < -0.39 is 11.2 Å². The van der Waals surface area contributed by atoms with Crippen LogP contribution in [0.15, 0.2) is 34.5 Å². The zero-order valence-electron chi connectivity index (χ0n) is 10.9. The Morgan fingerprint density at radius 3 is 2.84 bits per heavy atom. The molecule has 100 valence electrons. The van der Waals surface area contributed by atoms with Crippen LogP contribution in [0.4, 0.5) is 0 Å². The Morgan fingerprint density at radius 2 is 2.21 bits per heavy atom. The number of fused-ring (bicyclic) bond motifs is 1. The Hall–Kier alpha value is -2.37. The topological polar surface area (TPSA) is 66.1 Å². The number of aryl methyl sites for hydroxylation is 1. The van der Waals surface area contributed by atoms with Crippen LogP contribution in [0, 0.1) is 0 Å². The van der Waals surface area contributed by atoms with Crippen molar-refractivity contribution in [2.45, 2.75) is 13.5 Å². The normalized spacial score (nSPS) is 10.6. The van der Waals surface area contributed by atoms with Gasteiger partial charge in [0.25, 0.3) is 5.56 Å². The van der Waals surface area contributed by atoms with Gasteiger partial charge in [0, 0.05) is 19.8 Å². The van der Waals surface area contributed by atoms with Gasteiger partial charge in [0.2, 0.25) is 0 Å². The average Bonchev–Trinajstić information content (AvgIpc) is 2.41. The fourth-order valence-electron chi connectivity index (χ4n) is 1.95. The molecular weight excluding hydrogens is 246 g/mol. The maximum absolute atomic E-state index is 12.4. The molecule has 2 aromatic rings. The molecule has 0 saturated carbocycles. The first-order chi connectivity index (χ1) is 9.11. The van der Waals surface area contributed by atoms with E-state index in [1.165, 1.54) is 16.8 Å². The summed E-state index contributed by atoms with van der Waals surface area (Å²) in [5.41, 5.74) is -0.505. The lowest BCUT2D eigenvalue weighted by Crippen LogP contribution is -2.39.